The van der Waals surface area contributed by atoms with Crippen LogP contribution in [0.3, 0.4) is 0 Å². The second-order valence-electron chi connectivity index (χ2n) is 9.40. The molecule has 1 amide bonds. The molecule has 1 unspecified atom stereocenters. The quantitative estimate of drug-likeness (QED) is 0.455. The van der Waals surface area contributed by atoms with Crippen LogP contribution >= 0.6 is 24.0 Å². The average molecular weight is 509 g/mol. The molecule has 2 fully saturated rings. The van der Waals surface area contributed by atoms with E-state index in [1.807, 2.05) is 18.2 Å². The maximum Gasteiger partial charge on any atom is 0.227 e. The van der Waals surface area contributed by atoms with Crippen LogP contribution in [0, 0.1) is 11.7 Å². The lowest BCUT2D eigenvalue weighted by atomic mass is 9.84. The molecule has 2 aromatic rings. The standard InChI is InChI=1S/C27H35ClFN3O.ClH/c28-24-12-6-13-25(29)23(24)20-32-18-16-31(17-19-32)15-7-14-30-27(33)26(22-10-4-5-11-22)21-8-2-1-3-9-21;/h1-3,6,8-9,12-13,22,26H,4-5,7,10-11,14-20H2,(H,30,33);1H. The molecule has 4 rings (SSSR count). The van der Waals surface area contributed by atoms with Gasteiger partial charge in [-0.3, -0.25) is 9.69 Å². The Hall–Kier alpha value is -1.66. The van der Waals surface area contributed by atoms with Crippen molar-refractivity contribution in [2.24, 2.45) is 5.92 Å². The first-order chi connectivity index (χ1) is 16.1. The molecule has 186 valence electrons. The van der Waals surface area contributed by atoms with Crippen molar-refractivity contribution in [1.29, 1.82) is 0 Å². The topological polar surface area (TPSA) is 35.6 Å². The van der Waals surface area contributed by atoms with Crippen molar-refractivity contribution in [1.82, 2.24) is 15.1 Å². The molecule has 1 N–H and O–H groups in total. The summed E-state index contributed by atoms with van der Waals surface area (Å²) in [7, 11) is 0. The third-order valence-electron chi connectivity index (χ3n) is 7.17. The second-order valence-corrected chi connectivity index (χ2v) is 9.80. The van der Waals surface area contributed by atoms with Gasteiger partial charge in [-0.1, -0.05) is 60.8 Å². The molecule has 1 saturated heterocycles. The summed E-state index contributed by atoms with van der Waals surface area (Å²) in [5, 5.41) is 3.72. The molecule has 0 bridgehead atoms. The Labute approximate surface area is 214 Å². The van der Waals surface area contributed by atoms with Gasteiger partial charge in [-0.2, -0.15) is 0 Å². The van der Waals surface area contributed by atoms with Gasteiger partial charge in [0.05, 0.1) is 5.92 Å². The predicted molar refractivity (Wildman–Crippen MR) is 139 cm³/mol. The lowest BCUT2D eigenvalue weighted by Gasteiger charge is -2.35. The number of benzene rings is 2. The maximum atomic E-state index is 14.1. The normalized spacial score (nSPS) is 18.4. The van der Waals surface area contributed by atoms with Crippen molar-refractivity contribution in [3.63, 3.8) is 0 Å². The van der Waals surface area contributed by atoms with Crippen LogP contribution in [0.1, 0.15) is 49.1 Å². The van der Waals surface area contributed by atoms with Gasteiger partial charge in [0.25, 0.3) is 0 Å². The summed E-state index contributed by atoms with van der Waals surface area (Å²) >= 11 is 6.18. The number of amides is 1. The third kappa shape index (κ3) is 7.17. The Morgan fingerprint density at radius 3 is 2.35 bits per heavy atom. The van der Waals surface area contributed by atoms with Crippen LogP contribution in [-0.2, 0) is 11.3 Å². The maximum absolute atomic E-state index is 14.1. The van der Waals surface area contributed by atoms with E-state index in [9.17, 15) is 9.18 Å². The van der Waals surface area contributed by atoms with Gasteiger partial charge >= 0.3 is 0 Å². The van der Waals surface area contributed by atoms with Gasteiger partial charge in [-0.25, -0.2) is 4.39 Å². The smallest absolute Gasteiger partial charge is 0.227 e. The van der Waals surface area contributed by atoms with E-state index >= 15 is 0 Å². The molecule has 0 spiro atoms. The average Bonchev–Trinajstić information content (AvgIpc) is 3.35. The number of rotatable bonds is 9. The summed E-state index contributed by atoms with van der Waals surface area (Å²) in [6, 6.07) is 15.1. The van der Waals surface area contributed by atoms with Crippen LogP contribution in [0.25, 0.3) is 0 Å². The number of halogens is 3. The van der Waals surface area contributed by atoms with Crippen LogP contribution in [0.5, 0.6) is 0 Å². The van der Waals surface area contributed by atoms with E-state index in [-0.39, 0.29) is 30.0 Å². The van der Waals surface area contributed by atoms with Crippen LogP contribution in [0.15, 0.2) is 48.5 Å². The number of nitrogens with one attached hydrogen (secondary N) is 1. The molecule has 1 saturated carbocycles. The Morgan fingerprint density at radius 2 is 1.68 bits per heavy atom. The van der Waals surface area contributed by atoms with Crippen molar-refractivity contribution >= 4 is 29.9 Å². The summed E-state index contributed by atoms with van der Waals surface area (Å²) in [6.07, 6.45) is 5.70. The van der Waals surface area contributed by atoms with Gasteiger partial charge < -0.3 is 10.2 Å². The molecular weight excluding hydrogens is 472 g/mol. The van der Waals surface area contributed by atoms with Gasteiger partial charge in [0, 0.05) is 49.9 Å². The zero-order valence-corrected chi connectivity index (χ0v) is 21.3. The lowest BCUT2D eigenvalue weighted by Crippen LogP contribution is -2.46. The van der Waals surface area contributed by atoms with E-state index in [1.165, 1.54) is 18.9 Å². The monoisotopic (exact) mass is 507 g/mol. The van der Waals surface area contributed by atoms with Crippen molar-refractivity contribution < 1.29 is 9.18 Å². The summed E-state index contributed by atoms with van der Waals surface area (Å²) in [6.45, 7) is 5.93. The molecule has 0 aromatic heterocycles. The summed E-state index contributed by atoms with van der Waals surface area (Å²) in [4.78, 5) is 17.8. The molecule has 2 aromatic carbocycles. The summed E-state index contributed by atoms with van der Waals surface area (Å²) < 4.78 is 14.1. The number of hydrogen-bond acceptors (Lipinski definition) is 3. The first-order valence-corrected chi connectivity index (χ1v) is 12.7. The molecule has 1 aliphatic carbocycles. The van der Waals surface area contributed by atoms with Crippen molar-refractivity contribution in [2.75, 3.05) is 39.3 Å². The minimum Gasteiger partial charge on any atom is -0.356 e. The first kappa shape index (κ1) is 26.9. The number of carbonyl (C=O) groups excluding carboxylic acids is 1. The van der Waals surface area contributed by atoms with E-state index in [0.29, 0.717) is 29.6 Å². The zero-order valence-electron chi connectivity index (χ0n) is 19.7. The lowest BCUT2D eigenvalue weighted by molar-refractivity contribution is -0.123. The molecule has 4 nitrogen and oxygen atoms in total. The predicted octanol–water partition coefficient (Wildman–Crippen LogP) is 5.50. The second kappa shape index (κ2) is 13.4. The van der Waals surface area contributed by atoms with Gasteiger partial charge in [-0.15, -0.1) is 12.4 Å². The van der Waals surface area contributed by atoms with E-state index in [4.69, 9.17) is 11.6 Å². The summed E-state index contributed by atoms with van der Waals surface area (Å²) in [5.41, 5.74) is 1.73. The number of nitrogens with zero attached hydrogens (tertiary/aromatic N) is 2. The number of piperazine rings is 1. The minimum absolute atomic E-state index is 0. The van der Waals surface area contributed by atoms with Crippen LogP contribution < -0.4 is 5.32 Å². The summed E-state index contributed by atoms with van der Waals surface area (Å²) in [5.74, 6) is 0.387. The zero-order chi connectivity index (χ0) is 23.0. The van der Waals surface area contributed by atoms with E-state index in [1.54, 1.807) is 12.1 Å². The molecule has 7 heteroatoms. The molecule has 2 aliphatic rings. The molecular formula is C27H36Cl2FN3O. The van der Waals surface area contributed by atoms with Crippen LogP contribution in [0.4, 0.5) is 4.39 Å². The van der Waals surface area contributed by atoms with Crippen molar-refractivity contribution in [2.45, 2.75) is 44.6 Å². The molecule has 34 heavy (non-hydrogen) atoms. The molecule has 1 aliphatic heterocycles. The number of carbonyl (C=O) groups is 1. The van der Waals surface area contributed by atoms with E-state index in [2.05, 4.69) is 27.2 Å². The van der Waals surface area contributed by atoms with Gasteiger partial charge in [-0.05, 0) is 49.4 Å². The van der Waals surface area contributed by atoms with Crippen molar-refractivity contribution in [3.05, 3.63) is 70.5 Å². The Kier molecular flexibility index (Phi) is 10.6. The van der Waals surface area contributed by atoms with Gasteiger partial charge in [0.1, 0.15) is 5.82 Å². The SMILES string of the molecule is Cl.O=C(NCCCN1CCN(Cc2c(F)cccc2Cl)CC1)C(c1ccccc1)C1CCCC1. The Balaban J connectivity index is 0.00000324. The third-order valence-corrected chi connectivity index (χ3v) is 7.53. The highest BCUT2D eigenvalue weighted by atomic mass is 35.5. The fraction of sp³-hybridized carbons (Fsp3) is 0.519. The van der Waals surface area contributed by atoms with E-state index in [0.717, 1.165) is 57.5 Å². The highest BCUT2D eigenvalue weighted by Crippen LogP contribution is 2.37. The minimum atomic E-state index is -0.230. The van der Waals surface area contributed by atoms with Gasteiger partial charge in [0.2, 0.25) is 5.91 Å². The fourth-order valence-corrected chi connectivity index (χ4v) is 5.51. The number of hydrogen-bond donors (Lipinski definition) is 1. The highest BCUT2D eigenvalue weighted by Gasteiger charge is 2.31. The largest absolute Gasteiger partial charge is 0.356 e. The Bertz CT molecular complexity index is 880. The fourth-order valence-electron chi connectivity index (χ4n) is 5.29. The molecule has 1 atom stereocenters. The first-order valence-electron chi connectivity index (χ1n) is 12.3. The Morgan fingerprint density at radius 1 is 1.00 bits per heavy atom. The highest BCUT2D eigenvalue weighted by molar-refractivity contribution is 6.31. The molecule has 0 radical (unpaired) electrons. The van der Waals surface area contributed by atoms with Gasteiger partial charge in [0.15, 0.2) is 0 Å². The van der Waals surface area contributed by atoms with Crippen LogP contribution in [-0.4, -0.2) is 55.0 Å². The van der Waals surface area contributed by atoms with Crippen molar-refractivity contribution in [3.8, 4) is 0 Å². The van der Waals surface area contributed by atoms with Crippen LogP contribution in [0.2, 0.25) is 5.02 Å². The molecule has 1 heterocycles. The van der Waals surface area contributed by atoms with E-state index < -0.39 is 0 Å².